The maximum absolute atomic E-state index is 8.77. The number of hydrogen-bond donors (Lipinski definition) is 0. The Morgan fingerprint density at radius 1 is 1.13 bits per heavy atom. The van der Waals surface area contributed by atoms with Gasteiger partial charge in [0, 0.05) is 22.8 Å². The summed E-state index contributed by atoms with van der Waals surface area (Å²) in [7, 11) is 0. The number of hydrogen-bond acceptors (Lipinski definition) is 6. The molecule has 2 aromatic rings. The second-order valence-electron chi connectivity index (χ2n) is 4.56. The van der Waals surface area contributed by atoms with Gasteiger partial charge in [-0.3, -0.25) is 0 Å². The van der Waals surface area contributed by atoms with Gasteiger partial charge >= 0.3 is 0 Å². The molecule has 0 aliphatic carbocycles. The van der Waals surface area contributed by atoms with Gasteiger partial charge in [0.05, 0.1) is 6.20 Å². The predicted octanol–water partition coefficient (Wildman–Crippen LogP) is 4.65. The van der Waals surface area contributed by atoms with Gasteiger partial charge in [0.1, 0.15) is 27.7 Å². The molecular formula is C17H16N4S2. The monoisotopic (exact) mass is 340 g/mol. The fraction of sp³-hybridized carbons (Fsp3) is 0.235. The van der Waals surface area contributed by atoms with Crippen molar-refractivity contribution in [2.24, 2.45) is 0 Å². The van der Waals surface area contributed by atoms with Crippen molar-refractivity contribution in [3.05, 3.63) is 38.7 Å². The molecule has 4 nitrogen and oxygen atoms in total. The highest BCUT2D eigenvalue weighted by atomic mass is 32.1. The standard InChI is InChI=1S/C17H16N4S2/c1-3-21(4-2)17-12-20-16(23-17)8-7-14-5-6-15(22-14)9-13(10-18)11-19/h5-9,12H,3-4H2,1-2H3/b8-7+. The molecule has 2 heterocycles. The topological polar surface area (TPSA) is 63.7 Å². The summed E-state index contributed by atoms with van der Waals surface area (Å²) in [5, 5.41) is 19.7. The summed E-state index contributed by atoms with van der Waals surface area (Å²) in [5.74, 6) is 0. The zero-order valence-electron chi connectivity index (χ0n) is 13.0. The molecule has 0 atom stereocenters. The second kappa shape index (κ2) is 8.28. The van der Waals surface area contributed by atoms with Crippen LogP contribution in [0.2, 0.25) is 0 Å². The van der Waals surface area contributed by atoms with E-state index in [1.165, 1.54) is 16.3 Å². The van der Waals surface area contributed by atoms with Crippen LogP contribution in [0.1, 0.15) is 28.6 Å². The zero-order valence-corrected chi connectivity index (χ0v) is 14.6. The van der Waals surface area contributed by atoms with Crippen molar-refractivity contribution in [1.29, 1.82) is 10.5 Å². The van der Waals surface area contributed by atoms with Crippen LogP contribution in [0, 0.1) is 22.7 Å². The zero-order chi connectivity index (χ0) is 16.7. The Morgan fingerprint density at radius 3 is 2.48 bits per heavy atom. The van der Waals surface area contributed by atoms with Crippen molar-refractivity contribution in [2.75, 3.05) is 18.0 Å². The first kappa shape index (κ1) is 17.0. The maximum atomic E-state index is 8.77. The first-order valence-corrected chi connectivity index (χ1v) is 8.84. The maximum Gasteiger partial charge on any atom is 0.131 e. The lowest BCUT2D eigenvalue weighted by Gasteiger charge is -2.17. The third-order valence-corrected chi connectivity index (χ3v) is 5.17. The van der Waals surface area contributed by atoms with Crippen LogP contribution in [0.15, 0.2) is 23.9 Å². The van der Waals surface area contributed by atoms with E-state index >= 15 is 0 Å². The first-order chi connectivity index (χ1) is 11.2. The van der Waals surface area contributed by atoms with Crippen LogP contribution in [0.25, 0.3) is 18.2 Å². The van der Waals surface area contributed by atoms with E-state index in [1.807, 2.05) is 42.6 Å². The summed E-state index contributed by atoms with van der Waals surface area (Å²) in [6.45, 7) is 6.22. The van der Waals surface area contributed by atoms with Gasteiger partial charge in [-0.05, 0) is 44.2 Å². The number of anilines is 1. The Hall–Kier alpha value is -2.41. The average molecular weight is 340 g/mol. The van der Waals surface area contributed by atoms with Crippen molar-refractivity contribution < 1.29 is 0 Å². The number of aromatic nitrogens is 1. The lowest BCUT2D eigenvalue weighted by atomic mass is 10.3. The molecule has 0 unspecified atom stereocenters. The molecule has 0 N–H and O–H groups in total. The molecule has 0 aliphatic heterocycles. The van der Waals surface area contributed by atoms with Gasteiger partial charge in [-0.1, -0.05) is 11.3 Å². The van der Waals surface area contributed by atoms with Gasteiger partial charge < -0.3 is 4.90 Å². The van der Waals surface area contributed by atoms with Crippen LogP contribution in [0.5, 0.6) is 0 Å². The minimum Gasteiger partial charge on any atom is -0.363 e. The van der Waals surface area contributed by atoms with Crippen LogP contribution in [-0.4, -0.2) is 18.1 Å². The quantitative estimate of drug-likeness (QED) is 0.718. The number of thiazole rings is 1. The fourth-order valence-corrected chi connectivity index (χ4v) is 3.76. The number of nitriles is 2. The summed E-state index contributed by atoms with van der Waals surface area (Å²) in [4.78, 5) is 8.65. The molecule has 0 saturated heterocycles. The Morgan fingerprint density at radius 2 is 1.83 bits per heavy atom. The van der Waals surface area contributed by atoms with Gasteiger partial charge in [0.25, 0.3) is 0 Å². The SMILES string of the molecule is CCN(CC)c1cnc(/C=C/c2ccc(C=C(C#N)C#N)s2)s1. The van der Waals surface area contributed by atoms with E-state index in [1.54, 1.807) is 17.4 Å². The van der Waals surface area contributed by atoms with Gasteiger partial charge in [-0.25, -0.2) is 4.98 Å². The van der Waals surface area contributed by atoms with Gasteiger partial charge in [-0.15, -0.1) is 11.3 Å². The molecule has 0 bridgehead atoms. The Labute approximate surface area is 144 Å². The molecule has 0 saturated carbocycles. The summed E-state index contributed by atoms with van der Waals surface area (Å²) in [6, 6.07) is 7.61. The first-order valence-electron chi connectivity index (χ1n) is 7.20. The lowest BCUT2D eigenvalue weighted by molar-refractivity contribution is 0.874. The number of nitrogens with zero attached hydrogens (tertiary/aromatic N) is 4. The largest absolute Gasteiger partial charge is 0.363 e. The summed E-state index contributed by atoms with van der Waals surface area (Å²) in [6.07, 6.45) is 7.51. The number of allylic oxidation sites excluding steroid dienone is 1. The summed E-state index contributed by atoms with van der Waals surface area (Å²) in [5.41, 5.74) is 0.117. The third kappa shape index (κ3) is 4.53. The molecule has 2 aromatic heterocycles. The highest BCUT2D eigenvalue weighted by Crippen LogP contribution is 2.26. The van der Waals surface area contributed by atoms with Crippen LogP contribution in [0.3, 0.4) is 0 Å². The van der Waals surface area contributed by atoms with Crippen molar-refractivity contribution in [3.63, 3.8) is 0 Å². The van der Waals surface area contributed by atoms with E-state index in [0.29, 0.717) is 0 Å². The molecule has 0 spiro atoms. The number of rotatable bonds is 6. The summed E-state index contributed by atoms with van der Waals surface area (Å²) < 4.78 is 0. The highest BCUT2D eigenvalue weighted by Gasteiger charge is 2.05. The van der Waals surface area contributed by atoms with E-state index in [0.717, 1.165) is 27.9 Å². The number of thiophene rings is 1. The van der Waals surface area contributed by atoms with Crippen molar-refractivity contribution in [3.8, 4) is 12.1 Å². The minimum atomic E-state index is 0.117. The molecule has 2 rings (SSSR count). The Balaban J connectivity index is 2.10. The Kier molecular flexibility index (Phi) is 6.10. The van der Waals surface area contributed by atoms with Crippen molar-refractivity contribution in [1.82, 2.24) is 4.98 Å². The van der Waals surface area contributed by atoms with Crippen LogP contribution < -0.4 is 4.90 Å². The summed E-state index contributed by atoms with van der Waals surface area (Å²) >= 11 is 3.20. The molecule has 0 aliphatic rings. The molecule has 23 heavy (non-hydrogen) atoms. The van der Waals surface area contributed by atoms with Gasteiger partial charge in [-0.2, -0.15) is 10.5 Å². The van der Waals surface area contributed by atoms with Crippen molar-refractivity contribution >= 4 is 45.9 Å². The van der Waals surface area contributed by atoms with E-state index in [-0.39, 0.29) is 5.57 Å². The van der Waals surface area contributed by atoms with E-state index in [2.05, 4.69) is 23.7 Å². The highest BCUT2D eigenvalue weighted by molar-refractivity contribution is 7.16. The lowest BCUT2D eigenvalue weighted by Crippen LogP contribution is -2.20. The van der Waals surface area contributed by atoms with E-state index < -0.39 is 0 Å². The third-order valence-electron chi connectivity index (χ3n) is 3.15. The molecule has 0 fully saturated rings. The molecular weight excluding hydrogens is 324 g/mol. The minimum absolute atomic E-state index is 0.117. The van der Waals surface area contributed by atoms with Crippen LogP contribution in [0.4, 0.5) is 5.00 Å². The van der Waals surface area contributed by atoms with Gasteiger partial charge in [0.2, 0.25) is 0 Å². The van der Waals surface area contributed by atoms with Crippen LogP contribution >= 0.6 is 22.7 Å². The molecule has 0 radical (unpaired) electrons. The van der Waals surface area contributed by atoms with E-state index in [4.69, 9.17) is 10.5 Å². The molecule has 6 heteroatoms. The van der Waals surface area contributed by atoms with E-state index in [9.17, 15) is 0 Å². The average Bonchev–Trinajstić information content (AvgIpc) is 3.21. The second-order valence-corrected chi connectivity index (χ2v) is 6.75. The van der Waals surface area contributed by atoms with Gasteiger partial charge in [0.15, 0.2) is 0 Å². The smallest absolute Gasteiger partial charge is 0.131 e. The van der Waals surface area contributed by atoms with Crippen molar-refractivity contribution in [2.45, 2.75) is 13.8 Å². The fourth-order valence-electron chi connectivity index (χ4n) is 1.96. The van der Waals surface area contributed by atoms with Crippen LogP contribution in [-0.2, 0) is 0 Å². The molecule has 116 valence electrons. The normalized spacial score (nSPS) is 10.3. The Bertz CT molecular complexity index is 779. The predicted molar refractivity (Wildman–Crippen MR) is 98.1 cm³/mol. The molecule has 0 aromatic carbocycles. The molecule has 0 amide bonds.